The zero-order valence-electron chi connectivity index (χ0n) is 20.2. The van der Waals surface area contributed by atoms with Crippen molar-refractivity contribution in [1.82, 2.24) is 4.90 Å². The Labute approximate surface area is 203 Å². The Morgan fingerprint density at radius 2 is 1.69 bits per heavy atom. The maximum Gasteiger partial charge on any atom is 0.411 e. The highest BCUT2D eigenvalue weighted by Crippen LogP contribution is 2.43. The van der Waals surface area contributed by atoms with E-state index in [2.05, 4.69) is 4.74 Å². The lowest BCUT2D eigenvalue weighted by molar-refractivity contribution is -0.179. The van der Waals surface area contributed by atoms with Crippen LogP contribution in [0.4, 0.5) is 13.6 Å². The van der Waals surface area contributed by atoms with Crippen molar-refractivity contribution in [2.45, 2.75) is 57.8 Å². The molecule has 0 radical (unpaired) electrons. The van der Waals surface area contributed by atoms with Crippen molar-refractivity contribution in [3.8, 4) is 0 Å². The van der Waals surface area contributed by atoms with Crippen LogP contribution in [-0.4, -0.2) is 47.6 Å². The number of alkyl halides is 2. The lowest BCUT2D eigenvalue weighted by atomic mass is 9.86. The van der Waals surface area contributed by atoms with Gasteiger partial charge in [0, 0.05) is 6.54 Å². The van der Waals surface area contributed by atoms with Gasteiger partial charge >= 0.3 is 24.0 Å². The van der Waals surface area contributed by atoms with Crippen LogP contribution in [0.1, 0.15) is 55.6 Å². The second kappa shape index (κ2) is 10.0. The first kappa shape index (κ1) is 26.1. The van der Waals surface area contributed by atoms with Gasteiger partial charge in [0.1, 0.15) is 5.60 Å². The molecule has 2 aromatic rings. The summed E-state index contributed by atoms with van der Waals surface area (Å²) in [5.74, 6) is -6.19. The van der Waals surface area contributed by atoms with Crippen molar-refractivity contribution in [1.29, 1.82) is 0 Å². The zero-order valence-corrected chi connectivity index (χ0v) is 20.2. The van der Waals surface area contributed by atoms with Crippen LogP contribution in [-0.2, 0) is 31.2 Å². The molecule has 7 nitrogen and oxygen atoms in total. The molecule has 1 saturated heterocycles. The van der Waals surface area contributed by atoms with Crippen LogP contribution < -0.4 is 0 Å². The summed E-state index contributed by atoms with van der Waals surface area (Å²) >= 11 is 0. The summed E-state index contributed by atoms with van der Waals surface area (Å²) in [6, 6.07) is 14.7. The molecule has 1 heterocycles. The predicted molar refractivity (Wildman–Crippen MR) is 123 cm³/mol. The number of benzene rings is 2. The fourth-order valence-electron chi connectivity index (χ4n) is 3.82. The zero-order chi connectivity index (χ0) is 25.9. The summed E-state index contributed by atoms with van der Waals surface area (Å²) in [5, 5.41) is 0. The van der Waals surface area contributed by atoms with Gasteiger partial charge in [-0.15, -0.1) is 0 Å². The van der Waals surface area contributed by atoms with Crippen molar-refractivity contribution in [3.63, 3.8) is 0 Å². The van der Waals surface area contributed by atoms with E-state index in [0.717, 1.165) is 5.56 Å². The molecule has 1 atom stereocenters. The van der Waals surface area contributed by atoms with Gasteiger partial charge in [0.15, 0.2) is 5.60 Å². The number of rotatable bonds is 8. The molecule has 0 spiro atoms. The fourth-order valence-corrected chi connectivity index (χ4v) is 3.82. The van der Waals surface area contributed by atoms with Crippen LogP contribution in [0, 0.1) is 0 Å². The van der Waals surface area contributed by atoms with Gasteiger partial charge in [-0.3, -0.25) is 4.90 Å². The molecule has 1 aliphatic heterocycles. The predicted octanol–water partition coefficient (Wildman–Crippen LogP) is 5.08. The number of halogens is 2. The monoisotopic (exact) mass is 489 g/mol. The van der Waals surface area contributed by atoms with Crippen LogP contribution in [0.2, 0.25) is 0 Å². The number of carbonyl (C=O) groups excluding carboxylic acids is 3. The molecule has 9 heteroatoms. The van der Waals surface area contributed by atoms with Gasteiger partial charge in [-0.05, 0) is 51.0 Å². The third-order valence-corrected chi connectivity index (χ3v) is 5.33. The summed E-state index contributed by atoms with van der Waals surface area (Å²) in [6.45, 7) is 6.31. The van der Waals surface area contributed by atoms with Crippen molar-refractivity contribution in [3.05, 3.63) is 71.3 Å². The molecule has 0 bridgehead atoms. The molecule has 1 unspecified atom stereocenters. The summed E-state index contributed by atoms with van der Waals surface area (Å²) < 4.78 is 45.2. The largest absolute Gasteiger partial charge is 0.462 e. The minimum Gasteiger partial charge on any atom is -0.462 e. The van der Waals surface area contributed by atoms with Crippen LogP contribution in [0.3, 0.4) is 0 Å². The number of ether oxygens (including phenoxy) is 3. The summed E-state index contributed by atoms with van der Waals surface area (Å²) in [5.41, 5.74) is -1.33. The van der Waals surface area contributed by atoms with Gasteiger partial charge in [-0.1, -0.05) is 42.5 Å². The minimum atomic E-state index is -3.91. The Bertz CT molecular complexity index is 1070. The van der Waals surface area contributed by atoms with E-state index < -0.39 is 41.6 Å². The van der Waals surface area contributed by atoms with Crippen LogP contribution >= 0.6 is 0 Å². The van der Waals surface area contributed by atoms with Crippen molar-refractivity contribution in [2.24, 2.45) is 0 Å². The number of amides is 1. The molecule has 3 rings (SSSR count). The maximum atomic E-state index is 14.9. The Hall–Kier alpha value is -3.49. The average Bonchev–Trinajstić information content (AvgIpc) is 3.08. The number of esters is 2. The molecular formula is C26H29F2NO6. The third-order valence-electron chi connectivity index (χ3n) is 5.33. The van der Waals surface area contributed by atoms with Gasteiger partial charge in [-0.25, -0.2) is 14.4 Å². The molecule has 0 N–H and O–H groups in total. The van der Waals surface area contributed by atoms with E-state index in [1.165, 1.54) is 36.1 Å². The highest BCUT2D eigenvalue weighted by molar-refractivity contribution is 5.89. The normalized spacial score (nSPS) is 18.2. The molecule has 0 saturated carbocycles. The second-order valence-electron chi connectivity index (χ2n) is 9.38. The summed E-state index contributed by atoms with van der Waals surface area (Å²) in [7, 11) is 0. The summed E-state index contributed by atoms with van der Waals surface area (Å²) in [6.07, 6.45) is -1.90. The van der Waals surface area contributed by atoms with E-state index in [-0.39, 0.29) is 30.8 Å². The number of cyclic esters (lactones) is 1. The summed E-state index contributed by atoms with van der Waals surface area (Å²) in [4.78, 5) is 38.4. The fraction of sp³-hybridized carbons (Fsp3) is 0.423. The van der Waals surface area contributed by atoms with E-state index in [9.17, 15) is 23.2 Å². The smallest absolute Gasteiger partial charge is 0.411 e. The molecule has 1 amide bonds. The molecule has 0 aliphatic carbocycles. The minimum absolute atomic E-state index is 0.141. The van der Waals surface area contributed by atoms with E-state index in [0.29, 0.717) is 0 Å². The molecule has 1 fully saturated rings. The molecule has 2 aromatic carbocycles. The van der Waals surface area contributed by atoms with Crippen molar-refractivity contribution in [2.75, 3.05) is 13.2 Å². The average molecular weight is 490 g/mol. The topological polar surface area (TPSA) is 82.1 Å². The van der Waals surface area contributed by atoms with Crippen molar-refractivity contribution < 1.29 is 37.4 Å². The lowest BCUT2D eigenvalue weighted by Gasteiger charge is -2.30. The SMILES string of the molecule is CCOC(=O)C(F)(F)CC1(c2ccc(C(=O)OC(C)(C)C)cc2)CN(Cc2ccccc2)C(=O)O1. The van der Waals surface area contributed by atoms with E-state index in [1.807, 2.05) is 6.07 Å². The molecular weight excluding hydrogens is 460 g/mol. The van der Waals surface area contributed by atoms with Crippen LogP contribution in [0.15, 0.2) is 54.6 Å². The van der Waals surface area contributed by atoms with Gasteiger partial charge in [-0.2, -0.15) is 8.78 Å². The number of hydrogen-bond donors (Lipinski definition) is 0. The van der Waals surface area contributed by atoms with Gasteiger partial charge < -0.3 is 14.2 Å². The van der Waals surface area contributed by atoms with Gasteiger partial charge in [0.25, 0.3) is 0 Å². The Morgan fingerprint density at radius 3 is 2.26 bits per heavy atom. The maximum absolute atomic E-state index is 14.9. The first-order valence-electron chi connectivity index (χ1n) is 11.3. The number of nitrogens with zero attached hydrogens (tertiary/aromatic N) is 1. The standard InChI is InChI=1S/C26H29F2NO6/c1-5-33-22(31)26(27,28)16-25(17-29(23(32)35-25)15-18-9-7-6-8-10-18)20-13-11-19(12-14-20)21(30)34-24(2,3)4/h6-14H,5,15-17H2,1-4H3. The van der Waals surface area contributed by atoms with Crippen LogP contribution in [0.5, 0.6) is 0 Å². The van der Waals surface area contributed by atoms with Crippen molar-refractivity contribution >= 4 is 18.0 Å². The van der Waals surface area contributed by atoms with E-state index in [1.54, 1.807) is 45.0 Å². The highest BCUT2D eigenvalue weighted by atomic mass is 19.3. The first-order valence-corrected chi connectivity index (χ1v) is 11.3. The second-order valence-corrected chi connectivity index (χ2v) is 9.38. The Morgan fingerprint density at radius 1 is 1.06 bits per heavy atom. The Kier molecular flexibility index (Phi) is 7.47. The lowest BCUT2D eigenvalue weighted by Crippen LogP contribution is -2.42. The first-order chi connectivity index (χ1) is 16.3. The molecule has 35 heavy (non-hydrogen) atoms. The molecule has 1 aliphatic rings. The highest BCUT2D eigenvalue weighted by Gasteiger charge is 2.56. The van der Waals surface area contributed by atoms with E-state index in [4.69, 9.17) is 9.47 Å². The number of hydrogen-bond acceptors (Lipinski definition) is 6. The van der Waals surface area contributed by atoms with Crippen LogP contribution in [0.25, 0.3) is 0 Å². The van der Waals surface area contributed by atoms with Gasteiger partial charge in [0.2, 0.25) is 0 Å². The molecule has 0 aromatic heterocycles. The molecule has 188 valence electrons. The number of carbonyl (C=O) groups is 3. The third kappa shape index (κ3) is 6.35. The quantitative estimate of drug-likeness (QED) is 0.380. The van der Waals surface area contributed by atoms with E-state index >= 15 is 0 Å². The van der Waals surface area contributed by atoms with Gasteiger partial charge in [0.05, 0.1) is 25.1 Å². The Balaban J connectivity index is 1.94.